The van der Waals surface area contributed by atoms with E-state index in [0.29, 0.717) is 16.9 Å². The van der Waals surface area contributed by atoms with Crippen molar-refractivity contribution in [2.24, 2.45) is 10.8 Å². The van der Waals surface area contributed by atoms with Gasteiger partial charge in [0.05, 0.1) is 0 Å². The van der Waals surface area contributed by atoms with Crippen molar-refractivity contribution in [2.75, 3.05) is 5.32 Å². The zero-order chi connectivity index (χ0) is 13.4. The Hall–Kier alpha value is -1.05. The molecule has 18 heavy (non-hydrogen) atoms. The highest BCUT2D eigenvalue weighted by Crippen LogP contribution is 2.46. The molecule has 100 valence electrons. The van der Waals surface area contributed by atoms with E-state index in [-0.39, 0.29) is 0 Å². The quantitative estimate of drug-likeness (QED) is 0.836. The molecule has 1 N–H and O–H groups in total. The number of pyridine rings is 1. The summed E-state index contributed by atoms with van der Waals surface area (Å²) in [5, 5.41) is 3.69. The molecule has 0 aromatic carbocycles. The van der Waals surface area contributed by atoms with Crippen molar-refractivity contribution in [3.05, 3.63) is 24.0 Å². The molecule has 1 aliphatic rings. The third-order valence-corrected chi connectivity index (χ3v) is 3.82. The summed E-state index contributed by atoms with van der Waals surface area (Å²) in [6.07, 6.45) is 5.69. The van der Waals surface area contributed by atoms with Crippen LogP contribution in [0.2, 0.25) is 0 Å². The first-order valence-electron chi connectivity index (χ1n) is 6.95. The van der Waals surface area contributed by atoms with Crippen molar-refractivity contribution in [1.29, 1.82) is 0 Å². The van der Waals surface area contributed by atoms with Gasteiger partial charge in [0.1, 0.15) is 0 Å². The normalized spacial score (nSPS) is 22.7. The van der Waals surface area contributed by atoms with Crippen molar-refractivity contribution in [3.63, 3.8) is 0 Å². The smallest absolute Gasteiger partial charge is 0.0393 e. The molecule has 0 radical (unpaired) electrons. The van der Waals surface area contributed by atoms with Crippen molar-refractivity contribution < 1.29 is 0 Å². The second-order valence-electron chi connectivity index (χ2n) is 7.44. The van der Waals surface area contributed by atoms with Gasteiger partial charge in [-0.1, -0.05) is 27.7 Å². The molecule has 0 amide bonds. The first kappa shape index (κ1) is 13.4. The summed E-state index contributed by atoms with van der Waals surface area (Å²) < 4.78 is 0. The van der Waals surface area contributed by atoms with Gasteiger partial charge in [-0.05, 0) is 49.1 Å². The van der Waals surface area contributed by atoms with Crippen LogP contribution in [0.4, 0.5) is 5.69 Å². The summed E-state index contributed by atoms with van der Waals surface area (Å²) in [7, 11) is 0. The van der Waals surface area contributed by atoms with Crippen LogP contribution in [0.25, 0.3) is 0 Å². The summed E-state index contributed by atoms with van der Waals surface area (Å²) >= 11 is 0. The minimum Gasteiger partial charge on any atom is -0.382 e. The zero-order valence-corrected chi connectivity index (χ0v) is 12.4. The van der Waals surface area contributed by atoms with Gasteiger partial charge in [-0.3, -0.25) is 4.98 Å². The van der Waals surface area contributed by atoms with Crippen LogP contribution in [0.15, 0.2) is 18.3 Å². The molecule has 2 nitrogen and oxygen atoms in total. The molecule has 1 fully saturated rings. The Balaban J connectivity index is 2.09. The third-order valence-electron chi connectivity index (χ3n) is 3.82. The molecule has 1 aliphatic carbocycles. The van der Waals surface area contributed by atoms with Gasteiger partial charge >= 0.3 is 0 Å². The number of rotatable bonds is 2. The molecule has 1 saturated carbocycles. The molecule has 0 atom stereocenters. The fourth-order valence-electron chi connectivity index (χ4n) is 3.82. The number of nitrogens with one attached hydrogen (secondary N) is 1. The summed E-state index contributed by atoms with van der Waals surface area (Å²) in [4.78, 5) is 4.25. The van der Waals surface area contributed by atoms with E-state index in [2.05, 4.69) is 50.1 Å². The van der Waals surface area contributed by atoms with E-state index in [1.807, 2.05) is 13.1 Å². The maximum absolute atomic E-state index is 4.25. The highest BCUT2D eigenvalue weighted by Gasteiger charge is 2.38. The van der Waals surface area contributed by atoms with Gasteiger partial charge in [-0.15, -0.1) is 0 Å². The van der Waals surface area contributed by atoms with E-state index in [9.17, 15) is 0 Å². The number of anilines is 1. The molecule has 0 saturated heterocycles. The lowest BCUT2D eigenvalue weighted by Gasteiger charge is -2.45. The van der Waals surface area contributed by atoms with Crippen molar-refractivity contribution >= 4 is 5.69 Å². The number of hydrogen-bond donors (Lipinski definition) is 1. The third kappa shape index (κ3) is 3.47. The Morgan fingerprint density at radius 3 is 2.33 bits per heavy atom. The molecule has 2 rings (SSSR count). The fraction of sp³-hybridized carbons (Fsp3) is 0.688. The molecule has 0 bridgehead atoms. The van der Waals surface area contributed by atoms with Gasteiger partial charge in [0, 0.05) is 23.6 Å². The molecule has 1 aromatic heterocycles. The highest BCUT2D eigenvalue weighted by atomic mass is 14.9. The summed E-state index contributed by atoms with van der Waals surface area (Å²) in [5.41, 5.74) is 3.15. The van der Waals surface area contributed by atoms with Crippen LogP contribution in [0.5, 0.6) is 0 Å². The number of aryl methyl sites for hydroxylation is 1. The van der Waals surface area contributed by atoms with Gasteiger partial charge in [0.2, 0.25) is 0 Å². The summed E-state index contributed by atoms with van der Waals surface area (Å²) in [6, 6.07) is 4.78. The Bertz CT molecular complexity index is 405. The second-order valence-corrected chi connectivity index (χ2v) is 7.44. The lowest BCUT2D eigenvalue weighted by atomic mass is 9.63. The van der Waals surface area contributed by atoms with Gasteiger partial charge in [0.25, 0.3) is 0 Å². The zero-order valence-electron chi connectivity index (χ0n) is 12.4. The van der Waals surface area contributed by atoms with E-state index in [1.165, 1.54) is 24.9 Å². The van der Waals surface area contributed by atoms with Crippen molar-refractivity contribution in [1.82, 2.24) is 4.98 Å². The van der Waals surface area contributed by atoms with Gasteiger partial charge in [-0.25, -0.2) is 0 Å². The van der Waals surface area contributed by atoms with E-state index in [0.717, 1.165) is 5.69 Å². The lowest BCUT2D eigenvalue weighted by Crippen LogP contribution is -2.40. The van der Waals surface area contributed by atoms with Crippen LogP contribution in [-0.4, -0.2) is 11.0 Å². The Labute approximate surface area is 111 Å². The Morgan fingerprint density at radius 2 is 1.78 bits per heavy atom. The largest absolute Gasteiger partial charge is 0.382 e. The van der Waals surface area contributed by atoms with Crippen LogP contribution < -0.4 is 5.32 Å². The molecule has 0 unspecified atom stereocenters. The number of hydrogen-bond acceptors (Lipinski definition) is 2. The molecule has 0 spiro atoms. The first-order valence-corrected chi connectivity index (χ1v) is 6.95. The van der Waals surface area contributed by atoms with Crippen molar-refractivity contribution in [3.8, 4) is 0 Å². The van der Waals surface area contributed by atoms with E-state index in [1.54, 1.807) is 0 Å². The monoisotopic (exact) mass is 246 g/mol. The summed E-state index contributed by atoms with van der Waals surface area (Å²) in [5.74, 6) is 0. The maximum Gasteiger partial charge on any atom is 0.0393 e. The van der Waals surface area contributed by atoms with Crippen LogP contribution in [-0.2, 0) is 0 Å². The predicted octanol–water partition coefficient (Wildman–Crippen LogP) is 4.41. The first-order chi connectivity index (χ1) is 8.26. The molecule has 2 heteroatoms. The van der Waals surface area contributed by atoms with E-state index < -0.39 is 0 Å². The lowest BCUT2D eigenvalue weighted by molar-refractivity contribution is 0.105. The molecule has 1 aromatic rings. The van der Waals surface area contributed by atoms with Crippen LogP contribution in [0, 0.1) is 17.8 Å². The van der Waals surface area contributed by atoms with Crippen LogP contribution >= 0.6 is 0 Å². The molecular formula is C16H26N2. The predicted molar refractivity (Wildman–Crippen MR) is 77.8 cm³/mol. The fourth-order valence-corrected chi connectivity index (χ4v) is 3.82. The maximum atomic E-state index is 4.25. The topological polar surface area (TPSA) is 24.9 Å². The van der Waals surface area contributed by atoms with Gasteiger partial charge in [-0.2, -0.15) is 0 Å². The second kappa shape index (κ2) is 4.56. The van der Waals surface area contributed by atoms with Crippen molar-refractivity contribution in [2.45, 2.75) is 59.9 Å². The Morgan fingerprint density at radius 1 is 1.17 bits per heavy atom. The van der Waals surface area contributed by atoms with Gasteiger partial charge < -0.3 is 5.32 Å². The molecule has 1 heterocycles. The average molecular weight is 246 g/mol. The number of nitrogens with zero attached hydrogens (tertiary/aromatic N) is 1. The van der Waals surface area contributed by atoms with E-state index in [4.69, 9.17) is 0 Å². The summed E-state index contributed by atoms with van der Waals surface area (Å²) in [6.45, 7) is 11.6. The average Bonchev–Trinajstić information content (AvgIpc) is 2.11. The SMILES string of the molecule is Cc1cc(NC2CC(C)(C)CC(C)(C)C2)ccn1. The molecule has 0 aliphatic heterocycles. The number of aromatic nitrogens is 1. The highest BCUT2D eigenvalue weighted by molar-refractivity contribution is 5.44. The van der Waals surface area contributed by atoms with Gasteiger partial charge in [0.15, 0.2) is 0 Å². The standard InChI is InChI=1S/C16H26N2/c1-12-8-13(6-7-17-12)18-14-9-15(2,3)11-16(4,5)10-14/h6-8,14H,9-11H2,1-5H3,(H,17,18). The molecular weight excluding hydrogens is 220 g/mol. The van der Waals surface area contributed by atoms with Crippen LogP contribution in [0.3, 0.4) is 0 Å². The van der Waals surface area contributed by atoms with E-state index >= 15 is 0 Å². The Kier molecular flexibility index (Phi) is 3.39. The minimum atomic E-state index is 0.432. The minimum absolute atomic E-state index is 0.432. The van der Waals surface area contributed by atoms with Crippen LogP contribution in [0.1, 0.15) is 52.7 Å².